The maximum absolute atomic E-state index is 13.6. The van der Waals surface area contributed by atoms with Gasteiger partial charge in [-0.3, -0.25) is 9.85 Å². The summed E-state index contributed by atoms with van der Waals surface area (Å²) in [6, 6.07) is 6.53. The van der Waals surface area contributed by atoms with Crippen LogP contribution in [-0.4, -0.2) is 60.9 Å². The Kier molecular flexibility index (Phi) is 8.30. The predicted molar refractivity (Wildman–Crippen MR) is 101 cm³/mol. The number of halogens is 2. The van der Waals surface area contributed by atoms with Crippen molar-refractivity contribution in [3.05, 3.63) is 34.9 Å². The molecule has 1 aromatic carbocycles. The predicted octanol–water partition coefficient (Wildman–Crippen LogP) is 4.13. The fraction of sp³-hybridized carbons (Fsp3) is 0.556. The number of rotatable bonds is 7. The number of hydrogen-bond donors (Lipinski definition) is 0. The van der Waals surface area contributed by atoms with Gasteiger partial charge in [-0.25, -0.2) is 9.18 Å². The van der Waals surface area contributed by atoms with E-state index in [4.69, 9.17) is 21.2 Å². The van der Waals surface area contributed by atoms with Crippen LogP contribution >= 0.6 is 11.6 Å². The molecule has 1 rings (SSSR count). The number of benzene rings is 1. The molecule has 0 aliphatic rings. The molecule has 0 N–H and O–H groups in total. The highest BCUT2D eigenvalue weighted by molar-refractivity contribution is 6.31. The van der Waals surface area contributed by atoms with E-state index in [9.17, 15) is 9.18 Å². The molecule has 1 unspecified atom stereocenters. The standard InChI is InChI=1S/C18H27ClFN3O3/c1-13(14-8-7-9-15(19)10-14)21-22(5)16(11-20)12-23(25-6)17(24)26-18(2,3)4/h7-10,16H,11-12H2,1-6H3/b21-13+. The zero-order chi connectivity index (χ0) is 19.9. The molecular weight excluding hydrogens is 361 g/mol. The van der Waals surface area contributed by atoms with Crippen LogP contribution in [0.25, 0.3) is 0 Å². The van der Waals surface area contributed by atoms with Crippen molar-refractivity contribution >= 4 is 23.4 Å². The number of carbonyl (C=O) groups excluding carboxylic acids is 1. The van der Waals surface area contributed by atoms with Crippen LogP contribution in [0.15, 0.2) is 29.4 Å². The fourth-order valence-corrected chi connectivity index (χ4v) is 2.27. The van der Waals surface area contributed by atoms with Crippen molar-refractivity contribution in [2.45, 2.75) is 39.3 Å². The van der Waals surface area contributed by atoms with Gasteiger partial charge >= 0.3 is 6.09 Å². The summed E-state index contributed by atoms with van der Waals surface area (Å²) < 4.78 is 18.8. The van der Waals surface area contributed by atoms with E-state index in [1.807, 2.05) is 12.1 Å². The van der Waals surface area contributed by atoms with Gasteiger partial charge in [-0.2, -0.15) is 10.2 Å². The second-order valence-corrected chi connectivity index (χ2v) is 7.24. The van der Waals surface area contributed by atoms with Crippen molar-refractivity contribution in [1.29, 1.82) is 0 Å². The smallest absolute Gasteiger partial charge is 0.434 e. The zero-order valence-electron chi connectivity index (χ0n) is 16.1. The normalized spacial score (nSPS) is 13.3. The third-order valence-corrected chi connectivity index (χ3v) is 3.69. The maximum atomic E-state index is 13.6. The van der Waals surface area contributed by atoms with E-state index in [2.05, 4.69) is 5.10 Å². The Hall–Kier alpha value is -1.86. The highest BCUT2D eigenvalue weighted by Gasteiger charge is 2.26. The van der Waals surface area contributed by atoms with Crippen LogP contribution in [0, 0.1) is 0 Å². The number of nitrogens with zero attached hydrogens (tertiary/aromatic N) is 3. The second-order valence-electron chi connectivity index (χ2n) is 6.80. The lowest BCUT2D eigenvalue weighted by Crippen LogP contribution is -2.45. The van der Waals surface area contributed by atoms with Crippen LogP contribution < -0.4 is 0 Å². The van der Waals surface area contributed by atoms with Gasteiger partial charge in [0.1, 0.15) is 12.3 Å². The van der Waals surface area contributed by atoms with Crippen molar-refractivity contribution in [3.8, 4) is 0 Å². The quantitative estimate of drug-likeness (QED) is 0.521. The minimum atomic E-state index is -0.717. The highest BCUT2D eigenvalue weighted by Crippen LogP contribution is 2.14. The van der Waals surface area contributed by atoms with E-state index in [-0.39, 0.29) is 6.54 Å². The monoisotopic (exact) mass is 387 g/mol. The summed E-state index contributed by atoms with van der Waals surface area (Å²) in [5.41, 5.74) is 0.833. The number of alkyl halides is 1. The van der Waals surface area contributed by atoms with Gasteiger partial charge < -0.3 is 4.74 Å². The lowest BCUT2D eigenvalue weighted by atomic mass is 10.1. The minimum Gasteiger partial charge on any atom is -0.442 e. The van der Waals surface area contributed by atoms with E-state index < -0.39 is 24.4 Å². The van der Waals surface area contributed by atoms with Crippen LogP contribution in [0.2, 0.25) is 5.02 Å². The van der Waals surface area contributed by atoms with E-state index in [1.165, 1.54) is 12.1 Å². The lowest BCUT2D eigenvalue weighted by Gasteiger charge is -2.30. The molecule has 0 fully saturated rings. The highest BCUT2D eigenvalue weighted by atomic mass is 35.5. The summed E-state index contributed by atoms with van der Waals surface area (Å²) in [4.78, 5) is 17.2. The Balaban J connectivity index is 2.85. The molecule has 6 nitrogen and oxygen atoms in total. The third kappa shape index (κ3) is 7.17. The molecule has 0 radical (unpaired) electrons. The average Bonchev–Trinajstić information content (AvgIpc) is 2.54. The molecule has 0 aliphatic carbocycles. The Labute approximate surface area is 159 Å². The first-order chi connectivity index (χ1) is 12.1. The zero-order valence-corrected chi connectivity index (χ0v) is 16.9. The minimum absolute atomic E-state index is 0.0370. The summed E-state index contributed by atoms with van der Waals surface area (Å²) >= 11 is 5.99. The lowest BCUT2D eigenvalue weighted by molar-refractivity contribution is -0.133. The van der Waals surface area contributed by atoms with E-state index in [0.717, 1.165) is 10.6 Å². The molecule has 0 heterocycles. The van der Waals surface area contributed by atoms with Gasteiger partial charge in [-0.05, 0) is 45.4 Å². The largest absolute Gasteiger partial charge is 0.442 e. The molecule has 0 saturated heterocycles. The molecule has 26 heavy (non-hydrogen) atoms. The van der Waals surface area contributed by atoms with Crippen LogP contribution in [0.3, 0.4) is 0 Å². The molecular formula is C18H27ClFN3O3. The first-order valence-electron chi connectivity index (χ1n) is 8.22. The fourth-order valence-electron chi connectivity index (χ4n) is 2.08. The van der Waals surface area contributed by atoms with Gasteiger partial charge in [0, 0.05) is 12.1 Å². The average molecular weight is 388 g/mol. The van der Waals surface area contributed by atoms with Crippen molar-refractivity contribution in [2.75, 3.05) is 27.4 Å². The number of hydroxylamine groups is 2. The third-order valence-electron chi connectivity index (χ3n) is 3.45. The molecule has 1 atom stereocenters. The van der Waals surface area contributed by atoms with Crippen LogP contribution in [0.5, 0.6) is 0 Å². The van der Waals surface area contributed by atoms with Gasteiger partial charge in [0.2, 0.25) is 0 Å². The van der Waals surface area contributed by atoms with Gasteiger partial charge in [0.05, 0.1) is 25.4 Å². The molecule has 8 heteroatoms. The van der Waals surface area contributed by atoms with E-state index in [1.54, 1.807) is 46.9 Å². The Bertz CT molecular complexity index is 634. The summed E-state index contributed by atoms with van der Waals surface area (Å²) in [6.07, 6.45) is -0.678. The number of ether oxygens (including phenoxy) is 1. The maximum Gasteiger partial charge on any atom is 0.434 e. The molecule has 1 amide bonds. The van der Waals surface area contributed by atoms with Gasteiger partial charge in [0.15, 0.2) is 0 Å². The van der Waals surface area contributed by atoms with Crippen molar-refractivity contribution in [3.63, 3.8) is 0 Å². The van der Waals surface area contributed by atoms with Crippen molar-refractivity contribution in [2.24, 2.45) is 5.10 Å². The summed E-state index contributed by atoms with van der Waals surface area (Å²) in [7, 11) is 2.97. The molecule has 0 aromatic heterocycles. The molecule has 0 aliphatic heterocycles. The summed E-state index contributed by atoms with van der Waals surface area (Å²) in [5.74, 6) is 0. The first kappa shape index (κ1) is 22.2. The first-order valence-corrected chi connectivity index (χ1v) is 8.59. The van der Waals surface area contributed by atoms with Crippen molar-refractivity contribution < 1.29 is 18.8 Å². The van der Waals surface area contributed by atoms with E-state index in [0.29, 0.717) is 10.7 Å². The van der Waals surface area contributed by atoms with Crippen LogP contribution in [-0.2, 0) is 9.57 Å². The van der Waals surface area contributed by atoms with Crippen molar-refractivity contribution in [1.82, 2.24) is 10.1 Å². The number of amides is 1. The number of hydrazone groups is 1. The molecule has 0 bridgehead atoms. The van der Waals surface area contributed by atoms with Gasteiger partial charge in [0.25, 0.3) is 0 Å². The molecule has 1 aromatic rings. The molecule has 146 valence electrons. The summed E-state index contributed by atoms with van der Waals surface area (Å²) in [5, 5.41) is 7.44. The number of carbonyl (C=O) groups is 1. The second kappa shape index (κ2) is 9.73. The molecule has 0 spiro atoms. The van der Waals surface area contributed by atoms with E-state index >= 15 is 0 Å². The Morgan fingerprint density at radius 2 is 2.04 bits per heavy atom. The van der Waals surface area contributed by atoms with Crippen LogP contribution in [0.1, 0.15) is 33.3 Å². The summed E-state index contributed by atoms with van der Waals surface area (Å²) in [6.45, 7) is 6.29. The molecule has 0 saturated carbocycles. The van der Waals surface area contributed by atoms with Crippen LogP contribution in [0.4, 0.5) is 9.18 Å². The Morgan fingerprint density at radius 3 is 2.54 bits per heavy atom. The van der Waals surface area contributed by atoms with Gasteiger partial charge in [-0.15, -0.1) is 0 Å². The number of likely N-dealkylation sites (N-methyl/N-ethyl adjacent to an activating group) is 1. The SMILES string of the molecule is CON(CC(CF)N(C)/N=C(\C)c1cccc(Cl)c1)C(=O)OC(C)(C)C. The Morgan fingerprint density at radius 1 is 1.38 bits per heavy atom. The number of hydrogen-bond acceptors (Lipinski definition) is 5. The topological polar surface area (TPSA) is 54.4 Å². The van der Waals surface area contributed by atoms with Gasteiger partial charge in [-0.1, -0.05) is 23.7 Å².